The second-order valence-corrected chi connectivity index (χ2v) is 5.52. The van der Waals surface area contributed by atoms with Gasteiger partial charge in [-0.15, -0.1) is 0 Å². The average Bonchev–Trinajstić information content (AvgIpc) is 2.36. The molecule has 0 spiro atoms. The first-order valence-corrected chi connectivity index (χ1v) is 7.09. The van der Waals surface area contributed by atoms with E-state index in [1.165, 1.54) is 0 Å². The second kappa shape index (κ2) is 7.72. The molecule has 0 aromatic heterocycles. The first-order chi connectivity index (χ1) is 8.97. The van der Waals surface area contributed by atoms with Crippen LogP contribution in [0.1, 0.15) is 25.8 Å². The zero-order valence-corrected chi connectivity index (χ0v) is 13.5. The van der Waals surface area contributed by atoms with Crippen LogP contribution in [0.3, 0.4) is 0 Å². The van der Waals surface area contributed by atoms with Gasteiger partial charge in [-0.1, -0.05) is 15.9 Å². The van der Waals surface area contributed by atoms with Crippen LogP contribution in [0.25, 0.3) is 0 Å². The van der Waals surface area contributed by atoms with Crippen molar-refractivity contribution in [2.75, 3.05) is 14.2 Å². The molecule has 1 aromatic rings. The topological polar surface area (TPSA) is 50.7 Å². The van der Waals surface area contributed by atoms with Gasteiger partial charge in [0.2, 0.25) is 0 Å². The summed E-state index contributed by atoms with van der Waals surface area (Å²) in [7, 11) is 3.24. The van der Waals surface area contributed by atoms with Crippen molar-refractivity contribution in [2.45, 2.75) is 39.0 Å². The molecule has 0 aliphatic rings. The molecule has 2 N–H and O–H groups in total. The van der Waals surface area contributed by atoms with Gasteiger partial charge in [-0.25, -0.2) is 0 Å². The molecule has 19 heavy (non-hydrogen) atoms. The molecule has 2 unspecified atom stereocenters. The Bertz CT molecular complexity index is 410. The molecule has 1 rings (SSSR count). The highest BCUT2D eigenvalue weighted by molar-refractivity contribution is 9.10. The largest absolute Gasteiger partial charge is 0.493 e. The number of hydrogen-bond acceptors (Lipinski definition) is 4. The fourth-order valence-corrected chi connectivity index (χ4v) is 2.37. The van der Waals surface area contributed by atoms with Crippen molar-refractivity contribution in [1.82, 2.24) is 5.32 Å². The normalized spacial score (nSPS) is 14.0. The smallest absolute Gasteiger partial charge is 0.161 e. The van der Waals surface area contributed by atoms with Crippen molar-refractivity contribution < 1.29 is 14.6 Å². The third-order valence-electron chi connectivity index (χ3n) is 2.89. The van der Waals surface area contributed by atoms with E-state index in [0.29, 0.717) is 18.0 Å². The maximum atomic E-state index is 9.34. The highest BCUT2D eigenvalue weighted by Gasteiger charge is 2.11. The Kier molecular flexibility index (Phi) is 6.62. The SMILES string of the molecule is COc1cc(Br)c(CNC(C)CC(C)O)cc1OC. The Morgan fingerprint density at radius 2 is 1.79 bits per heavy atom. The average molecular weight is 332 g/mol. The molecule has 0 saturated carbocycles. The zero-order chi connectivity index (χ0) is 14.4. The Balaban J connectivity index is 2.73. The lowest BCUT2D eigenvalue weighted by molar-refractivity contribution is 0.170. The van der Waals surface area contributed by atoms with E-state index in [2.05, 4.69) is 28.2 Å². The quantitative estimate of drug-likeness (QED) is 0.806. The van der Waals surface area contributed by atoms with Gasteiger partial charge in [0.15, 0.2) is 11.5 Å². The van der Waals surface area contributed by atoms with Crippen LogP contribution >= 0.6 is 15.9 Å². The molecule has 0 saturated heterocycles. The van der Waals surface area contributed by atoms with Crippen molar-refractivity contribution in [1.29, 1.82) is 0 Å². The lowest BCUT2D eigenvalue weighted by Crippen LogP contribution is -2.28. The maximum absolute atomic E-state index is 9.34. The van der Waals surface area contributed by atoms with Crippen LogP contribution in [0.5, 0.6) is 11.5 Å². The van der Waals surface area contributed by atoms with Gasteiger partial charge in [-0.2, -0.15) is 0 Å². The Morgan fingerprint density at radius 3 is 2.32 bits per heavy atom. The second-order valence-electron chi connectivity index (χ2n) is 4.67. The van der Waals surface area contributed by atoms with E-state index in [9.17, 15) is 5.11 Å². The molecule has 0 aliphatic heterocycles. The van der Waals surface area contributed by atoms with Crippen LogP contribution in [-0.2, 0) is 6.54 Å². The van der Waals surface area contributed by atoms with Crippen molar-refractivity contribution in [2.24, 2.45) is 0 Å². The maximum Gasteiger partial charge on any atom is 0.161 e. The number of methoxy groups -OCH3 is 2. The molecule has 0 fully saturated rings. The van der Waals surface area contributed by atoms with Gasteiger partial charge in [0, 0.05) is 17.1 Å². The summed E-state index contributed by atoms with van der Waals surface area (Å²) in [5.41, 5.74) is 1.09. The number of hydrogen-bond donors (Lipinski definition) is 2. The summed E-state index contributed by atoms with van der Waals surface area (Å²) < 4.78 is 11.5. The van der Waals surface area contributed by atoms with Crippen molar-refractivity contribution in [3.05, 3.63) is 22.2 Å². The lowest BCUT2D eigenvalue weighted by atomic mass is 10.1. The molecule has 0 radical (unpaired) electrons. The third-order valence-corrected chi connectivity index (χ3v) is 3.63. The van der Waals surface area contributed by atoms with Gasteiger partial charge in [0.25, 0.3) is 0 Å². The first-order valence-electron chi connectivity index (χ1n) is 6.29. The number of rotatable bonds is 7. The molecular formula is C14H22BrNO3. The van der Waals surface area contributed by atoms with E-state index in [-0.39, 0.29) is 12.1 Å². The minimum atomic E-state index is -0.295. The van der Waals surface area contributed by atoms with E-state index < -0.39 is 0 Å². The fourth-order valence-electron chi connectivity index (χ4n) is 1.91. The van der Waals surface area contributed by atoms with Crippen LogP contribution in [0.15, 0.2) is 16.6 Å². The summed E-state index contributed by atoms with van der Waals surface area (Å²) in [5.74, 6) is 1.42. The van der Waals surface area contributed by atoms with Crippen LogP contribution in [-0.4, -0.2) is 31.5 Å². The predicted molar refractivity (Wildman–Crippen MR) is 79.8 cm³/mol. The van der Waals surface area contributed by atoms with Crippen LogP contribution in [0, 0.1) is 0 Å². The zero-order valence-electron chi connectivity index (χ0n) is 11.9. The third kappa shape index (κ3) is 5.01. The van der Waals surface area contributed by atoms with E-state index in [1.807, 2.05) is 12.1 Å². The van der Waals surface area contributed by atoms with Gasteiger partial charge >= 0.3 is 0 Å². The molecule has 0 heterocycles. The van der Waals surface area contributed by atoms with Crippen molar-refractivity contribution >= 4 is 15.9 Å². The van der Waals surface area contributed by atoms with Gasteiger partial charge in [-0.3, -0.25) is 0 Å². The van der Waals surface area contributed by atoms with E-state index in [0.717, 1.165) is 16.5 Å². The minimum Gasteiger partial charge on any atom is -0.493 e. The van der Waals surface area contributed by atoms with E-state index in [4.69, 9.17) is 9.47 Å². The van der Waals surface area contributed by atoms with Crippen LogP contribution in [0.2, 0.25) is 0 Å². The molecule has 2 atom stereocenters. The summed E-state index contributed by atoms with van der Waals surface area (Å²) in [6.45, 7) is 4.56. The van der Waals surface area contributed by atoms with Crippen LogP contribution < -0.4 is 14.8 Å². The summed E-state index contributed by atoms with van der Waals surface area (Å²) >= 11 is 3.53. The van der Waals surface area contributed by atoms with Gasteiger partial charge < -0.3 is 19.9 Å². The Hall–Kier alpha value is -0.780. The Morgan fingerprint density at radius 1 is 1.21 bits per heavy atom. The van der Waals surface area contributed by atoms with Crippen molar-refractivity contribution in [3.63, 3.8) is 0 Å². The number of aliphatic hydroxyl groups is 1. The fraction of sp³-hybridized carbons (Fsp3) is 0.571. The standard InChI is InChI=1S/C14H22BrNO3/c1-9(5-10(2)17)16-8-11-6-13(18-3)14(19-4)7-12(11)15/h6-7,9-10,16-17H,5,8H2,1-4H3. The molecule has 5 heteroatoms. The monoisotopic (exact) mass is 331 g/mol. The highest BCUT2D eigenvalue weighted by Crippen LogP contribution is 2.33. The number of halogens is 1. The molecule has 1 aromatic carbocycles. The van der Waals surface area contributed by atoms with Crippen molar-refractivity contribution in [3.8, 4) is 11.5 Å². The van der Waals surface area contributed by atoms with Gasteiger partial charge in [0.05, 0.1) is 20.3 Å². The van der Waals surface area contributed by atoms with Gasteiger partial charge in [0.1, 0.15) is 0 Å². The number of aliphatic hydroxyl groups excluding tert-OH is 1. The number of benzene rings is 1. The summed E-state index contributed by atoms with van der Waals surface area (Å²) in [6.07, 6.45) is 0.432. The molecule has 0 amide bonds. The Labute approximate surface area is 123 Å². The first kappa shape index (κ1) is 16.3. The summed E-state index contributed by atoms with van der Waals surface area (Å²) in [6, 6.07) is 4.10. The van der Waals surface area contributed by atoms with Crippen LogP contribution in [0.4, 0.5) is 0 Å². The number of ether oxygens (including phenoxy) is 2. The van der Waals surface area contributed by atoms with Gasteiger partial charge in [-0.05, 0) is 38.0 Å². The molecule has 4 nitrogen and oxygen atoms in total. The number of nitrogens with one attached hydrogen (secondary N) is 1. The molecule has 0 aliphatic carbocycles. The summed E-state index contributed by atoms with van der Waals surface area (Å²) in [4.78, 5) is 0. The van der Waals surface area contributed by atoms with E-state index >= 15 is 0 Å². The summed E-state index contributed by atoms with van der Waals surface area (Å²) in [5, 5.41) is 12.7. The molecule has 108 valence electrons. The predicted octanol–water partition coefficient (Wildman–Crippen LogP) is 2.72. The lowest BCUT2D eigenvalue weighted by Gasteiger charge is -2.17. The molecular weight excluding hydrogens is 310 g/mol. The molecule has 0 bridgehead atoms. The minimum absolute atomic E-state index is 0.250. The van der Waals surface area contributed by atoms with E-state index in [1.54, 1.807) is 21.1 Å². The highest BCUT2D eigenvalue weighted by atomic mass is 79.9.